The largest absolute Gasteiger partial charge is 0.371 e. The number of carbonyl (C=O) groups excluding carboxylic acids is 1. The van der Waals surface area contributed by atoms with E-state index in [2.05, 4.69) is 15.1 Å². The van der Waals surface area contributed by atoms with E-state index < -0.39 is 0 Å². The molecule has 1 amide bonds. The minimum Gasteiger partial charge on any atom is -0.371 e. The van der Waals surface area contributed by atoms with Crippen LogP contribution in [0.2, 0.25) is 0 Å². The zero-order valence-electron chi connectivity index (χ0n) is 13.5. The van der Waals surface area contributed by atoms with E-state index in [0.717, 1.165) is 31.7 Å². The van der Waals surface area contributed by atoms with Crippen LogP contribution < -0.4 is 4.90 Å². The predicted octanol–water partition coefficient (Wildman–Crippen LogP) is 1.86. The van der Waals surface area contributed by atoms with Gasteiger partial charge in [-0.1, -0.05) is 12.8 Å². The van der Waals surface area contributed by atoms with Crippen molar-refractivity contribution in [2.24, 2.45) is 0 Å². The molecule has 23 heavy (non-hydrogen) atoms. The first-order valence-electron chi connectivity index (χ1n) is 8.78. The highest BCUT2D eigenvalue weighted by Gasteiger charge is 2.40. The molecule has 1 aromatic heterocycles. The standard InChI is InChI=1S/C17H24N4O2/c22-16(21-11-12-23-17(13-21)7-1-2-8-17)14-5-6-15(19-18-14)20-9-3-4-10-20/h5-6H,1-4,7-13H2. The van der Waals surface area contributed by atoms with Crippen molar-refractivity contribution in [3.05, 3.63) is 17.8 Å². The smallest absolute Gasteiger partial charge is 0.274 e. The molecule has 3 fully saturated rings. The second-order valence-electron chi connectivity index (χ2n) is 6.94. The average Bonchev–Trinajstić information content (AvgIpc) is 3.27. The highest BCUT2D eigenvalue weighted by Crippen LogP contribution is 2.36. The molecule has 0 radical (unpaired) electrons. The lowest BCUT2D eigenvalue weighted by atomic mass is 9.99. The molecule has 2 saturated heterocycles. The summed E-state index contributed by atoms with van der Waals surface area (Å²) in [6.45, 7) is 4.05. The van der Waals surface area contributed by atoms with Gasteiger partial charge in [0.15, 0.2) is 11.5 Å². The van der Waals surface area contributed by atoms with Gasteiger partial charge in [-0.05, 0) is 37.8 Å². The summed E-state index contributed by atoms with van der Waals surface area (Å²) >= 11 is 0. The summed E-state index contributed by atoms with van der Waals surface area (Å²) < 4.78 is 5.99. The normalized spacial score (nSPS) is 23.7. The summed E-state index contributed by atoms with van der Waals surface area (Å²) in [6, 6.07) is 3.75. The van der Waals surface area contributed by atoms with Gasteiger partial charge in [0.25, 0.3) is 5.91 Å². The monoisotopic (exact) mass is 316 g/mol. The molecule has 3 aliphatic rings. The van der Waals surface area contributed by atoms with E-state index in [0.29, 0.717) is 25.4 Å². The number of anilines is 1. The SMILES string of the molecule is O=C(c1ccc(N2CCCC2)nn1)N1CCOC2(CCCC2)C1. The molecule has 124 valence electrons. The molecular formula is C17H24N4O2. The van der Waals surface area contributed by atoms with Gasteiger partial charge in [-0.15, -0.1) is 10.2 Å². The van der Waals surface area contributed by atoms with E-state index in [9.17, 15) is 4.79 Å². The molecule has 3 heterocycles. The van der Waals surface area contributed by atoms with Crippen LogP contribution in [0.1, 0.15) is 49.0 Å². The van der Waals surface area contributed by atoms with E-state index in [4.69, 9.17) is 4.74 Å². The lowest BCUT2D eigenvalue weighted by Crippen LogP contribution is -2.52. The summed E-state index contributed by atoms with van der Waals surface area (Å²) in [6.07, 6.45) is 6.95. The fourth-order valence-electron chi connectivity index (χ4n) is 4.06. The van der Waals surface area contributed by atoms with Gasteiger partial charge >= 0.3 is 0 Å². The Morgan fingerprint density at radius 1 is 1.04 bits per heavy atom. The van der Waals surface area contributed by atoms with Crippen LogP contribution in [0.25, 0.3) is 0 Å². The lowest BCUT2D eigenvalue weighted by Gasteiger charge is -2.40. The maximum absolute atomic E-state index is 12.7. The molecule has 0 N–H and O–H groups in total. The van der Waals surface area contributed by atoms with E-state index in [1.54, 1.807) is 0 Å². The molecular weight excluding hydrogens is 292 g/mol. The van der Waals surface area contributed by atoms with Crippen molar-refractivity contribution in [1.29, 1.82) is 0 Å². The van der Waals surface area contributed by atoms with Gasteiger partial charge in [0, 0.05) is 19.6 Å². The fraction of sp³-hybridized carbons (Fsp3) is 0.706. The number of amides is 1. The minimum absolute atomic E-state index is 0.0138. The number of nitrogens with zero attached hydrogens (tertiary/aromatic N) is 4. The van der Waals surface area contributed by atoms with Gasteiger partial charge in [-0.25, -0.2) is 0 Å². The van der Waals surface area contributed by atoms with Gasteiger partial charge in [-0.3, -0.25) is 4.79 Å². The van der Waals surface area contributed by atoms with Gasteiger partial charge in [0.2, 0.25) is 0 Å². The molecule has 0 bridgehead atoms. The topological polar surface area (TPSA) is 58.6 Å². The Bertz CT molecular complexity index is 562. The summed E-state index contributed by atoms with van der Waals surface area (Å²) in [5.41, 5.74) is 0.347. The van der Waals surface area contributed by atoms with Crippen LogP contribution in [-0.4, -0.2) is 59.4 Å². The molecule has 1 aliphatic carbocycles. The molecule has 0 unspecified atom stereocenters. The second kappa shape index (κ2) is 6.07. The maximum Gasteiger partial charge on any atom is 0.274 e. The fourth-order valence-corrected chi connectivity index (χ4v) is 4.06. The zero-order chi connectivity index (χ0) is 15.7. The van der Waals surface area contributed by atoms with Crippen LogP contribution in [0.5, 0.6) is 0 Å². The van der Waals surface area contributed by atoms with Gasteiger partial charge < -0.3 is 14.5 Å². The Balaban J connectivity index is 1.45. The van der Waals surface area contributed by atoms with Crippen LogP contribution in [0.3, 0.4) is 0 Å². The molecule has 1 spiro atoms. The van der Waals surface area contributed by atoms with E-state index >= 15 is 0 Å². The minimum atomic E-state index is -0.100. The van der Waals surface area contributed by atoms with Gasteiger partial charge in [-0.2, -0.15) is 0 Å². The lowest BCUT2D eigenvalue weighted by molar-refractivity contribution is -0.0949. The molecule has 6 nitrogen and oxygen atoms in total. The van der Waals surface area contributed by atoms with Crippen LogP contribution >= 0.6 is 0 Å². The molecule has 2 aliphatic heterocycles. The highest BCUT2D eigenvalue weighted by molar-refractivity contribution is 5.92. The quantitative estimate of drug-likeness (QED) is 0.833. The van der Waals surface area contributed by atoms with Gasteiger partial charge in [0.1, 0.15) is 0 Å². The van der Waals surface area contributed by atoms with Gasteiger partial charge in [0.05, 0.1) is 18.8 Å². The summed E-state index contributed by atoms with van der Waals surface area (Å²) in [4.78, 5) is 16.8. The average molecular weight is 316 g/mol. The van der Waals surface area contributed by atoms with Crippen molar-refractivity contribution in [3.8, 4) is 0 Å². The molecule has 1 aromatic rings. The number of hydrogen-bond acceptors (Lipinski definition) is 5. The Morgan fingerprint density at radius 2 is 1.83 bits per heavy atom. The first kappa shape index (κ1) is 14.9. The van der Waals surface area contributed by atoms with Crippen molar-refractivity contribution < 1.29 is 9.53 Å². The van der Waals surface area contributed by atoms with Crippen LogP contribution in [0, 0.1) is 0 Å². The van der Waals surface area contributed by atoms with Crippen molar-refractivity contribution >= 4 is 11.7 Å². The van der Waals surface area contributed by atoms with Crippen LogP contribution in [0.15, 0.2) is 12.1 Å². The van der Waals surface area contributed by atoms with Crippen LogP contribution in [0.4, 0.5) is 5.82 Å². The number of ether oxygens (including phenoxy) is 1. The first-order chi connectivity index (χ1) is 11.3. The summed E-state index contributed by atoms with van der Waals surface area (Å²) in [5, 5.41) is 8.45. The molecule has 6 heteroatoms. The Kier molecular flexibility index (Phi) is 3.93. The second-order valence-corrected chi connectivity index (χ2v) is 6.94. The number of hydrogen-bond donors (Lipinski definition) is 0. The van der Waals surface area contributed by atoms with Crippen molar-refractivity contribution in [2.45, 2.75) is 44.1 Å². The van der Waals surface area contributed by atoms with Crippen LogP contribution in [-0.2, 0) is 4.74 Å². The van der Waals surface area contributed by atoms with E-state index in [1.807, 2.05) is 17.0 Å². The Morgan fingerprint density at radius 3 is 2.52 bits per heavy atom. The number of aromatic nitrogens is 2. The maximum atomic E-state index is 12.7. The van der Waals surface area contributed by atoms with Crippen molar-refractivity contribution in [3.63, 3.8) is 0 Å². The highest BCUT2D eigenvalue weighted by atomic mass is 16.5. The molecule has 0 atom stereocenters. The van der Waals surface area contributed by atoms with E-state index in [-0.39, 0.29) is 11.5 Å². The first-order valence-corrected chi connectivity index (χ1v) is 8.78. The third-order valence-corrected chi connectivity index (χ3v) is 5.35. The zero-order valence-corrected chi connectivity index (χ0v) is 13.5. The van der Waals surface area contributed by atoms with E-state index in [1.165, 1.54) is 25.7 Å². The molecule has 0 aromatic carbocycles. The number of morpholine rings is 1. The third-order valence-electron chi connectivity index (χ3n) is 5.35. The number of rotatable bonds is 2. The van der Waals surface area contributed by atoms with Crippen molar-refractivity contribution in [2.75, 3.05) is 37.7 Å². The third kappa shape index (κ3) is 2.92. The summed E-state index contributed by atoms with van der Waals surface area (Å²) in [5.74, 6) is 0.869. The Labute approximate surface area is 136 Å². The Hall–Kier alpha value is -1.69. The van der Waals surface area contributed by atoms with Crippen molar-refractivity contribution in [1.82, 2.24) is 15.1 Å². The molecule has 4 rings (SSSR count). The molecule has 1 saturated carbocycles. The summed E-state index contributed by atoms with van der Waals surface area (Å²) in [7, 11) is 0. The predicted molar refractivity (Wildman–Crippen MR) is 86.5 cm³/mol. The number of carbonyl (C=O) groups is 1.